The highest BCUT2D eigenvalue weighted by molar-refractivity contribution is 5.01. The second-order valence-electron chi connectivity index (χ2n) is 2.15. The molecule has 0 saturated carbocycles. The Hall–Kier alpha value is -0.520. The first kappa shape index (κ1) is 7.48. The van der Waals surface area contributed by atoms with Crippen molar-refractivity contribution in [1.82, 2.24) is 0 Å². The fraction of sp³-hybridized carbons (Fsp3) is 0.500. The van der Waals surface area contributed by atoms with Gasteiger partial charge in [0, 0.05) is 0 Å². The summed E-state index contributed by atoms with van der Waals surface area (Å²) in [5.74, 6) is 0.672. The number of hydrogen-bond donors (Lipinski definition) is 0. The van der Waals surface area contributed by atoms with E-state index in [2.05, 4.69) is 26.0 Å². The van der Waals surface area contributed by atoms with E-state index < -0.39 is 0 Å². The van der Waals surface area contributed by atoms with Crippen molar-refractivity contribution in [3.63, 3.8) is 0 Å². The lowest BCUT2D eigenvalue weighted by Crippen LogP contribution is -1.74. The molecule has 0 N–H and O–H groups in total. The third-order valence-corrected chi connectivity index (χ3v) is 0.800. The fourth-order valence-electron chi connectivity index (χ4n) is 0.397. The molecule has 8 heavy (non-hydrogen) atoms. The molecule has 0 aromatic carbocycles. The van der Waals surface area contributed by atoms with Crippen molar-refractivity contribution >= 4 is 0 Å². The molecular weight excluding hydrogens is 96.1 g/mol. The lowest BCUT2D eigenvalue weighted by atomic mass is 10.2. The molecule has 0 aromatic heterocycles. The first-order valence-electron chi connectivity index (χ1n) is 3.07. The van der Waals surface area contributed by atoms with Gasteiger partial charge in [0.05, 0.1) is 0 Å². The Kier molecular flexibility index (Phi) is 4.33. The van der Waals surface area contributed by atoms with Gasteiger partial charge in [-0.1, -0.05) is 38.2 Å². The first-order chi connectivity index (χ1) is 3.77. The van der Waals surface area contributed by atoms with Crippen molar-refractivity contribution in [2.24, 2.45) is 5.92 Å². The average molecular weight is 110 g/mol. The molecule has 0 saturated heterocycles. The molecule has 0 heteroatoms. The summed E-state index contributed by atoms with van der Waals surface area (Å²) in [4.78, 5) is 0. The Labute approximate surface area is 51.9 Å². The van der Waals surface area contributed by atoms with Gasteiger partial charge in [0.15, 0.2) is 0 Å². The van der Waals surface area contributed by atoms with E-state index in [1.165, 1.54) is 0 Å². The highest BCUT2D eigenvalue weighted by Crippen LogP contribution is 1.92. The van der Waals surface area contributed by atoms with Crippen LogP contribution in [0.3, 0.4) is 0 Å². The van der Waals surface area contributed by atoms with Gasteiger partial charge in [-0.25, -0.2) is 0 Å². The lowest BCUT2D eigenvalue weighted by Gasteiger charge is -1.88. The summed E-state index contributed by atoms with van der Waals surface area (Å²) in [6.07, 6.45) is 8.31. The molecule has 0 aliphatic heterocycles. The van der Waals surface area contributed by atoms with E-state index in [0.717, 1.165) is 0 Å². The van der Waals surface area contributed by atoms with Gasteiger partial charge in [-0.05, 0) is 12.8 Å². The molecule has 0 atom stereocenters. The maximum absolute atomic E-state index is 2.17. The van der Waals surface area contributed by atoms with Crippen LogP contribution in [0.4, 0.5) is 0 Å². The van der Waals surface area contributed by atoms with E-state index in [4.69, 9.17) is 0 Å². The zero-order valence-electron chi connectivity index (χ0n) is 5.89. The summed E-state index contributed by atoms with van der Waals surface area (Å²) >= 11 is 0. The summed E-state index contributed by atoms with van der Waals surface area (Å²) in [5, 5.41) is 0. The first-order valence-corrected chi connectivity index (χ1v) is 3.07. The third-order valence-electron chi connectivity index (χ3n) is 0.800. The van der Waals surface area contributed by atoms with Crippen LogP contribution in [0.2, 0.25) is 0 Å². The molecular formula is C8H14. The maximum atomic E-state index is 2.17. The summed E-state index contributed by atoms with van der Waals surface area (Å²) in [7, 11) is 0. The van der Waals surface area contributed by atoms with Crippen LogP contribution >= 0.6 is 0 Å². The van der Waals surface area contributed by atoms with Crippen molar-refractivity contribution in [2.75, 3.05) is 0 Å². The van der Waals surface area contributed by atoms with Crippen LogP contribution in [0.5, 0.6) is 0 Å². The molecule has 0 radical (unpaired) electrons. The summed E-state index contributed by atoms with van der Waals surface area (Å²) in [6, 6.07) is 0. The third kappa shape index (κ3) is 5.48. The van der Waals surface area contributed by atoms with Gasteiger partial charge < -0.3 is 0 Å². The van der Waals surface area contributed by atoms with E-state index in [9.17, 15) is 0 Å². The molecule has 0 aliphatic rings. The molecule has 0 bridgehead atoms. The Bertz CT molecular complexity index is 86.2. The van der Waals surface area contributed by atoms with Crippen molar-refractivity contribution in [2.45, 2.75) is 20.8 Å². The highest BCUT2D eigenvalue weighted by Gasteiger charge is 1.77. The molecule has 0 heterocycles. The minimum Gasteiger partial charge on any atom is -0.0877 e. The van der Waals surface area contributed by atoms with E-state index >= 15 is 0 Å². The second kappa shape index (κ2) is 4.63. The molecule has 0 aliphatic carbocycles. The molecule has 0 unspecified atom stereocenters. The van der Waals surface area contributed by atoms with Gasteiger partial charge in [-0.15, -0.1) is 0 Å². The van der Waals surface area contributed by atoms with Crippen molar-refractivity contribution in [3.8, 4) is 0 Å². The topological polar surface area (TPSA) is 0 Å². The predicted molar refractivity (Wildman–Crippen MR) is 38.8 cm³/mol. The van der Waals surface area contributed by atoms with Crippen LogP contribution in [0, 0.1) is 5.92 Å². The van der Waals surface area contributed by atoms with Crippen molar-refractivity contribution in [1.29, 1.82) is 0 Å². The van der Waals surface area contributed by atoms with E-state index in [-0.39, 0.29) is 0 Å². The number of allylic oxidation sites excluding steroid dienone is 4. The molecule has 0 amide bonds. The van der Waals surface area contributed by atoms with E-state index in [1.807, 2.05) is 19.1 Å². The predicted octanol–water partition coefficient (Wildman–Crippen LogP) is 2.77. The fourth-order valence-corrected chi connectivity index (χ4v) is 0.397. The van der Waals surface area contributed by atoms with Gasteiger partial charge in [0.2, 0.25) is 0 Å². The van der Waals surface area contributed by atoms with Gasteiger partial charge >= 0.3 is 0 Å². The smallest absolute Gasteiger partial charge is 0.0287 e. The van der Waals surface area contributed by atoms with Gasteiger partial charge in [0.25, 0.3) is 0 Å². The largest absolute Gasteiger partial charge is 0.0877 e. The second-order valence-corrected chi connectivity index (χ2v) is 2.15. The lowest BCUT2D eigenvalue weighted by molar-refractivity contribution is 0.832. The normalized spacial score (nSPS) is 12.5. The Morgan fingerprint density at radius 2 is 1.75 bits per heavy atom. The molecule has 0 aromatic rings. The van der Waals surface area contributed by atoms with Crippen molar-refractivity contribution < 1.29 is 0 Å². The maximum Gasteiger partial charge on any atom is -0.0287 e. The van der Waals surface area contributed by atoms with Crippen LogP contribution in [-0.4, -0.2) is 0 Å². The monoisotopic (exact) mass is 110 g/mol. The standard InChI is InChI=1S/C8H14/c1-4-5-6-7-8(2)3/h4-8H,1-3H3/b5-4-,7-6+. The van der Waals surface area contributed by atoms with E-state index in [0.29, 0.717) is 5.92 Å². The highest BCUT2D eigenvalue weighted by atomic mass is 13.8. The Morgan fingerprint density at radius 3 is 2.12 bits per heavy atom. The van der Waals surface area contributed by atoms with Gasteiger partial charge in [-0.2, -0.15) is 0 Å². The van der Waals surface area contributed by atoms with Crippen LogP contribution in [0.25, 0.3) is 0 Å². The van der Waals surface area contributed by atoms with Gasteiger partial charge in [0.1, 0.15) is 0 Å². The van der Waals surface area contributed by atoms with Crippen LogP contribution in [0.1, 0.15) is 20.8 Å². The SMILES string of the molecule is C/C=C\C=C\C(C)C. The summed E-state index contributed by atoms with van der Waals surface area (Å²) in [5.41, 5.74) is 0. The summed E-state index contributed by atoms with van der Waals surface area (Å²) in [6.45, 7) is 6.35. The molecule has 0 rings (SSSR count). The number of rotatable bonds is 2. The minimum atomic E-state index is 0.672. The Morgan fingerprint density at radius 1 is 1.12 bits per heavy atom. The minimum absolute atomic E-state index is 0.672. The van der Waals surface area contributed by atoms with Crippen LogP contribution in [0.15, 0.2) is 24.3 Å². The van der Waals surface area contributed by atoms with Crippen LogP contribution < -0.4 is 0 Å². The van der Waals surface area contributed by atoms with E-state index in [1.54, 1.807) is 0 Å². The molecule has 0 nitrogen and oxygen atoms in total. The number of hydrogen-bond acceptors (Lipinski definition) is 0. The van der Waals surface area contributed by atoms with Crippen molar-refractivity contribution in [3.05, 3.63) is 24.3 Å². The van der Waals surface area contributed by atoms with Crippen LogP contribution in [-0.2, 0) is 0 Å². The molecule has 46 valence electrons. The zero-order chi connectivity index (χ0) is 6.41. The summed E-state index contributed by atoms with van der Waals surface area (Å²) < 4.78 is 0. The quantitative estimate of drug-likeness (QED) is 0.479. The Balaban J connectivity index is 3.34. The average Bonchev–Trinajstić information content (AvgIpc) is 1.66. The zero-order valence-corrected chi connectivity index (χ0v) is 5.89. The molecule has 0 spiro atoms. The molecule has 0 fully saturated rings. The van der Waals surface area contributed by atoms with Gasteiger partial charge in [-0.3, -0.25) is 0 Å².